The van der Waals surface area contributed by atoms with E-state index in [4.69, 9.17) is 21.1 Å². The Morgan fingerprint density at radius 1 is 1.15 bits per heavy atom. The molecule has 3 fully saturated rings. The van der Waals surface area contributed by atoms with Gasteiger partial charge in [0, 0.05) is 34.2 Å². The van der Waals surface area contributed by atoms with E-state index in [0.29, 0.717) is 48.1 Å². The SMILES string of the molecule is CCCOc1cc2c(Cl)cccc2c(O[C@@H]2C[C@H]3C(=O)N[C@]4(C(=O)NS(=O)(=O)C5CC5)C[C@H]4C=CCC[C@H](C)C[C@@H](C)[C@H](NC(=O)O)C(=O)N3C2)n1. The Morgan fingerprint density at radius 3 is 2.63 bits per heavy atom. The Labute approximate surface area is 308 Å². The zero-order valence-corrected chi connectivity index (χ0v) is 31.0. The highest BCUT2D eigenvalue weighted by atomic mass is 35.5. The molecule has 3 heterocycles. The summed E-state index contributed by atoms with van der Waals surface area (Å²) in [5.74, 6) is -2.41. The van der Waals surface area contributed by atoms with E-state index >= 15 is 0 Å². The van der Waals surface area contributed by atoms with Gasteiger partial charge in [0.05, 0.1) is 18.4 Å². The predicted octanol–water partition coefficient (Wildman–Crippen LogP) is 4.16. The summed E-state index contributed by atoms with van der Waals surface area (Å²) in [6, 6.07) is 4.62. The van der Waals surface area contributed by atoms with Crippen LogP contribution in [-0.4, -0.2) is 89.4 Å². The highest BCUT2D eigenvalue weighted by Crippen LogP contribution is 2.46. The van der Waals surface area contributed by atoms with Gasteiger partial charge in [-0.25, -0.2) is 13.2 Å². The molecule has 2 saturated carbocycles. The molecule has 2 aliphatic carbocycles. The largest absolute Gasteiger partial charge is 0.478 e. The van der Waals surface area contributed by atoms with Gasteiger partial charge < -0.3 is 30.1 Å². The summed E-state index contributed by atoms with van der Waals surface area (Å²) in [5.41, 5.74) is -1.54. The summed E-state index contributed by atoms with van der Waals surface area (Å²) in [6.07, 6.45) is 5.32. The zero-order valence-electron chi connectivity index (χ0n) is 29.5. The number of hydrogen-bond acceptors (Lipinski definition) is 9. The van der Waals surface area contributed by atoms with Crippen molar-refractivity contribution in [2.45, 2.75) is 101 Å². The summed E-state index contributed by atoms with van der Waals surface area (Å²) in [6.45, 7) is 6.09. The lowest BCUT2D eigenvalue weighted by molar-refractivity contribution is -0.142. The molecule has 282 valence electrons. The molecule has 6 rings (SSSR count). The second-order valence-corrected chi connectivity index (χ2v) is 17.0. The molecule has 1 saturated heterocycles. The van der Waals surface area contributed by atoms with Crippen LogP contribution in [0.3, 0.4) is 0 Å². The number of rotatable bonds is 9. The molecule has 16 heteroatoms. The molecule has 7 atom stereocenters. The number of sulfonamides is 1. The van der Waals surface area contributed by atoms with Gasteiger partial charge in [0.15, 0.2) is 0 Å². The van der Waals surface area contributed by atoms with E-state index in [-0.39, 0.29) is 37.1 Å². The Kier molecular flexibility index (Phi) is 10.9. The minimum atomic E-state index is -3.91. The van der Waals surface area contributed by atoms with E-state index in [0.717, 1.165) is 12.8 Å². The average molecular weight is 760 g/mol. The van der Waals surface area contributed by atoms with Gasteiger partial charge in [0.25, 0.3) is 5.91 Å². The number of ether oxygens (including phenoxy) is 2. The van der Waals surface area contributed by atoms with Crippen LogP contribution in [0, 0.1) is 17.8 Å². The molecule has 2 aliphatic heterocycles. The third kappa shape index (κ3) is 8.09. The van der Waals surface area contributed by atoms with E-state index in [1.54, 1.807) is 31.2 Å². The number of benzene rings is 1. The molecule has 1 aromatic heterocycles. The maximum absolute atomic E-state index is 14.4. The molecule has 0 radical (unpaired) electrons. The molecule has 52 heavy (non-hydrogen) atoms. The Hall–Kier alpha value is -4.11. The number of carboxylic acid groups (broad SMARTS) is 1. The summed E-state index contributed by atoms with van der Waals surface area (Å²) >= 11 is 6.54. The van der Waals surface area contributed by atoms with Crippen LogP contribution in [-0.2, 0) is 24.4 Å². The number of nitrogens with zero attached hydrogens (tertiary/aromatic N) is 2. The average Bonchev–Trinajstić information content (AvgIpc) is 4.01. The van der Waals surface area contributed by atoms with Gasteiger partial charge >= 0.3 is 6.09 Å². The minimum absolute atomic E-state index is 0.0233. The van der Waals surface area contributed by atoms with Crippen LogP contribution in [0.15, 0.2) is 36.4 Å². The number of carbonyl (C=O) groups excluding carboxylic acids is 3. The molecule has 2 aromatic rings. The van der Waals surface area contributed by atoms with Gasteiger partial charge in [-0.3, -0.25) is 19.1 Å². The van der Waals surface area contributed by atoms with Crippen LogP contribution in [0.25, 0.3) is 10.8 Å². The fraction of sp³-hybridized carbons (Fsp3) is 0.583. The van der Waals surface area contributed by atoms with Crippen molar-refractivity contribution in [3.63, 3.8) is 0 Å². The van der Waals surface area contributed by atoms with E-state index in [1.807, 2.05) is 26.0 Å². The van der Waals surface area contributed by atoms with Crippen LogP contribution < -0.4 is 24.8 Å². The normalized spacial score (nSPS) is 29.6. The number of halogens is 1. The smallest absolute Gasteiger partial charge is 0.405 e. The number of nitrogens with one attached hydrogen (secondary N) is 3. The van der Waals surface area contributed by atoms with Crippen molar-refractivity contribution in [2.75, 3.05) is 13.2 Å². The first-order valence-electron chi connectivity index (χ1n) is 18.0. The summed E-state index contributed by atoms with van der Waals surface area (Å²) in [7, 11) is -3.91. The van der Waals surface area contributed by atoms with Gasteiger partial charge in [-0.05, 0) is 68.9 Å². The molecule has 0 unspecified atom stereocenters. The number of fused-ring (bicyclic) bond motifs is 3. The van der Waals surface area contributed by atoms with Gasteiger partial charge in [-0.2, -0.15) is 4.98 Å². The molecular weight excluding hydrogens is 714 g/mol. The highest BCUT2D eigenvalue weighted by molar-refractivity contribution is 7.91. The molecule has 1 aromatic carbocycles. The second kappa shape index (κ2) is 15.1. The van der Waals surface area contributed by atoms with E-state index in [9.17, 15) is 32.7 Å². The number of carbonyl (C=O) groups is 4. The molecule has 4 aliphatic rings. The monoisotopic (exact) mass is 759 g/mol. The molecule has 4 N–H and O–H groups in total. The van der Waals surface area contributed by atoms with Crippen molar-refractivity contribution in [2.24, 2.45) is 17.8 Å². The van der Waals surface area contributed by atoms with Crippen LogP contribution >= 0.6 is 11.6 Å². The van der Waals surface area contributed by atoms with Crippen molar-refractivity contribution < 1.29 is 42.2 Å². The number of allylic oxidation sites excluding steroid dienone is 1. The minimum Gasteiger partial charge on any atom is -0.478 e. The summed E-state index contributed by atoms with van der Waals surface area (Å²) in [5, 5.41) is 16.0. The molecule has 14 nitrogen and oxygen atoms in total. The van der Waals surface area contributed by atoms with Crippen LogP contribution in [0.1, 0.15) is 72.1 Å². The maximum Gasteiger partial charge on any atom is 0.405 e. The second-order valence-electron chi connectivity index (χ2n) is 14.6. The topological polar surface area (TPSA) is 193 Å². The van der Waals surface area contributed by atoms with Gasteiger partial charge in [0.1, 0.15) is 23.7 Å². The van der Waals surface area contributed by atoms with Crippen molar-refractivity contribution >= 4 is 56.2 Å². The zero-order chi connectivity index (χ0) is 37.4. The predicted molar refractivity (Wildman–Crippen MR) is 192 cm³/mol. The lowest BCUT2D eigenvalue weighted by atomic mass is 9.88. The Bertz CT molecular complexity index is 1870. The lowest BCUT2D eigenvalue weighted by Gasteiger charge is -2.32. The Balaban J connectivity index is 1.35. The van der Waals surface area contributed by atoms with Gasteiger partial charge in [0.2, 0.25) is 33.6 Å². The van der Waals surface area contributed by atoms with Crippen LogP contribution in [0.5, 0.6) is 11.8 Å². The third-order valence-electron chi connectivity index (χ3n) is 10.4. The first-order valence-corrected chi connectivity index (χ1v) is 19.9. The van der Waals surface area contributed by atoms with Crippen LogP contribution in [0.2, 0.25) is 5.02 Å². The summed E-state index contributed by atoms with van der Waals surface area (Å²) < 4.78 is 40.1. The fourth-order valence-corrected chi connectivity index (χ4v) is 8.94. The Morgan fingerprint density at radius 2 is 1.92 bits per heavy atom. The standard InChI is InChI=1S/C36H46ClN5O9S/c1-4-14-50-29-17-26-25(10-7-11-27(26)37)32(38-29)51-23-16-28-31(43)40-36(34(45)41-52(48,49)24-12-13-24)18-22(36)9-6-5-8-20(2)15-21(3)30(39-35(46)47)33(44)42(28)19-23/h6-7,9-11,17,20-24,28,30,39H,4-5,8,12-16,18-19H2,1-3H3,(H,40,43)(H,41,45)(H,46,47)/t20-,21+,22+,23+,28-,30-,36+/m0/s1. The van der Waals surface area contributed by atoms with Crippen molar-refractivity contribution in [3.8, 4) is 11.8 Å². The molecule has 0 spiro atoms. The van der Waals surface area contributed by atoms with Gasteiger partial charge in [-0.1, -0.05) is 50.6 Å². The molecular formula is C36H46ClN5O9S. The summed E-state index contributed by atoms with van der Waals surface area (Å²) in [4.78, 5) is 60.3. The van der Waals surface area contributed by atoms with Crippen molar-refractivity contribution in [1.82, 2.24) is 25.2 Å². The number of aromatic nitrogens is 1. The van der Waals surface area contributed by atoms with Gasteiger partial charge in [-0.15, -0.1) is 0 Å². The first kappa shape index (κ1) is 37.6. The van der Waals surface area contributed by atoms with E-state index in [2.05, 4.69) is 20.3 Å². The van der Waals surface area contributed by atoms with Crippen LogP contribution in [0.4, 0.5) is 4.79 Å². The fourth-order valence-electron chi connectivity index (χ4n) is 7.35. The third-order valence-corrected chi connectivity index (χ3v) is 12.5. The quantitative estimate of drug-likeness (QED) is 0.270. The highest BCUT2D eigenvalue weighted by Gasteiger charge is 2.62. The number of amides is 4. The number of pyridine rings is 1. The van der Waals surface area contributed by atoms with E-state index in [1.165, 1.54) is 4.90 Å². The van der Waals surface area contributed by atoms with Crippen molar-refractivity contribution in [3.05, 3.63) is 41.4 Å². The first-order chi connectivity index (χ1) is 24.7. The maximum atomic E-state index is 14.4. The lowest BCUT2D eigenvalue weighted by Crippen LogP contribution is -2.59. The van der Waals surface area contributed by atoms with E-state index < -0.39 is 74.7 Å². The molecule has 4 amide bonds. The molecule has 0 bridgehead atoms. The number of hydrogen-bond donors (Lipinski definition) is 4. The van der Waals surface area contributed by atoms with Crippen molar-refractivity contribution in [1.29, 1.82) is 0 Å².